The molecule has 1 aliphatic heterocycles. The Hall–Kier alpha value is -0.250. The molecule has 1 aromatic rings. The molecule has 0 aliphatic carbocycles. The lowest BCUT2D eigenvalue weighted by atomic mass is 9.92. The van der Waals surface area contributed by atoms with Gasteiger partial charge in [0.1, 0.15) is 30.2 Å². The van der Waals surface area contributed by atoms with Crippen molar-refractivity contribution in [3.63, 3.8) is 0 Å². The van der Waals surface area contributed by atoms with Crippen LogP contribution in [0.2, 0.25) is 0 Å². The van der Waals surface area contributed by atoms with Crippen molar-refractivity contribution in [1.29, 1.82) is 0 Å². The molecule has 6 nitrogen and oxygen atoms in total. The van der Waals surface area contributed by atoms with Gasteiger partial charge in [-0.3, -0.25) is 4.79 Å². The zero-order valence-corrected chi connectivity index (χ0v) is 16.8. The van der Waals surface area contributed by atoms with Gasteiger partial charge in [0.15, 0.2) is 0 Å². The van der Waals surface area contributed by atoms with E-state index >= 15 is 0 Å². The number of rotatable bonds is 5. The van der Waals surface area contributed by atoms with Gasteiger partial charge in [-0.2, -0.15) is 0 Å². The Kier molecular flexibility index (Phi) is 7.88. The number of halogens is 3. The molecule has 0 amide bonds. The third kappa shape index (κ3) is 5.87. The maximum Gasteiger partial charge on any atom is 0.315 e. The third-order valence-electron chi connectivity index (χ3n) is 3.80. The van der Waals surface area contributed by atoms with Gasteiger partial charge in [0.2, 0.25) is 3.79 Å². The molecule has 1 heterocycles. The summed E-state index contributed by atoms with van der Waals surface area (Å²) in [6.07, 6.45) is -4.00. The van der Waals surface area contributed by atoms with Crippen molar-refractivity contribution in [2.45, 2.75) is 39.4 Å². The summed E-state index contributed by atoms with van der Waals surface area (Å²) in [6, 6.07) is 7.43. The number of hydrogen-bond donors (Lipinski definition) is 3. The standard InChI is InChI=1S/C16H19Cl3O6S/c1-8-2-4-9(5-3-8)26-15-11(14(23)24-7-16(17,18)19)13(22)12(21)10(6-20)25-15/h2-5,10-13,15,20-22H,6-7H2,1H3/t10-,11+,12-,13-,15+/m1/s1. The van der Waals surface area contributed by atoms with E-state index in [1.54, 1.807) is 0 Å². The van der Waals surface area contributed by atoms with Crippen LogP contribution in [0.3, 0.4) is 0 Å². The Labute approximate surface area is 170 Å². The molecule has 0 spiro atoms. The van der Waals surface area contributed by atoms with E-state index in [-0.39, 0.29) is 0 Å². The molecule has 3 N–H and O–H groups in total. The van der Waals surface area contributed by atoms with Gasteiger partial charge in [-0.05, 0) is 19.1 Å². The minimum Gasteiger partial charge on any atom is -0.461 e. The van der Waals surface area contributed by atoms with Crippen LogP contribution in [0.15, 0.2) is 29.2 Å². The summed E-state index contributed by atoms with van der Waals surface area (Å²) < 4.78 is 8.78. The summed E-state index contributed by atoms with van der Waals surface area (Å²) in [5, 5.41) is 29.8. The predicted molar refractivity (Wildman–Crippen MR) is 99.5 cm³/mol. The molecule has 26 heavy (non-hydrogen) atoms. The van der Waals surface area contributed by atoms with Gasteiger partial charge in [-0.15, -0.1) is 0 Å². The van der Waals surface area contributed by atoms with E-state index in [9.17, 15) is 20.1 Å². The highest BCUT2D eigenvalue weighted by molar-refractivity contribution is 7.99. The fourth-order valence-electron chi connectivity index (χ4n) is 2.43. The summed E-state index contributed by atoms with van der Waals surface area (Å²) in [5.74, 6) is -2.10. The van der Waals surface area contributed by atoms with Crippen molar-refractivity contribution in [1.82, 2.24) is 0 Å². The van der Waals surface area contributed by atoms with Crippen molar-refractivity contribution < 1.29 is 29.6 Å². The molecule has 1 aromatic carbocycles. The van der Waals surface area contributed by atoms with Crippen molar-refractivity contribution in [2.24, 2.45) is 5.92 Å². The SMILES string of the molecule is Cc1ccc(S[C@@H]2O[C@H](CO)[C@@H](O)[C@H](O)[C@H]2C(=O)OCC(Cl)(Cl)Cl)cc1. The molecular weight excluding hydrogens is 427 g/mol. The first-order valence-electron chi connectivity index (χ1n) is 7.71. The van der Waals surface area contributed by atoms with Crippen LogP contribution < -0.4 is 0 Å². The van der Waals surface area contributed by atoms with Crippen molar-refractivity contribution in [3.8, 4) is 0 Å². The van der Waals surface area contributed by atoms with Crippen molar-refractivity contribution in [3.05, 3.63) is 29.8 Å². The normalized spacial score (nSPS) is 29.4. The van der Waals surface area contributed by atoms with E-state index in [4.69, 9.17) is 44.3 Å². The van der Waals surface area contributed by atoms with Crippen LogP contribution >= 0.6 is 46.6 Å². The number of aryl methyl sites for hydroxylation is 1. The fraction of sp³-hybridized carbons (Fsp3) is 0.562. The number of benzene rings is 1. The molecule has 0 radical (unpaired) electrons. The Morgan fingerprint density at radius 3 is 2.38 bits per heavy atom. The maximum atomic E-state index is 12.4. The molecular formula is C16H19Cl3O6S. The largest absolute Gasteiger partial charge is 0.461 e. The average molecular weight is 446 g/mol. The van der Waals surface area contributed by atoms with E-state index in [2.05, 4.69) is 0 Å². The van der Waals surface area contributed by atoms with Crippen molar-refractivity contribution in [2.75, 3.05) is 13.2 Å². The van der Waals surface area contributed by atoms with E-state index in [0.717, 1.165) is 22.2 Å². The first-order chi connectivity index (χ1) is 12.1. The number of alkyl halides is 3. The first-order valence-corrected chi connectivity index (χ1v) is 9.73. The number of ether oxygens (including phenoxy) is 2. The lowest BCUT2D eigenvalue weighted by Crippen LogP contribution is -2.57. The number of carbonyl (C=O) groups excluding carboxylic acids is 1. The number of aliphatic hydroxyl groups is 3. The zero-order valence-electron chi connectivity index (χ0n) is 13.7. The minimum atomic E-state index is -1.80. The summed E-state index contributed by atoms with van der Waals surface area (Å²) >= 11 is 17.9. The van der Waals surface area contributed by atoms with Gasteiger partial charge >= 0.3 is 5.97 Å². The summed E-state index contributed by atoms with van der Waals surface area (Å²) in [4.78, 5) is 13.2. The summed E-state index contributed by atoms with van der Waals surface area (Å²) in [7, 11) is 0. The first kappa shape index (κ1) is 22.0. The second-order valence-electron chi connectivity index (χ2n) is 5.89. The Balaban J connectivity index is 2.20. The highest BCUT2D eigenvalue weighted by atomic mass is 35.6. The van der Waals surface area contributed by atoms with Gasteiger partial charge in [0.05, 0.1) is 12.7 Å². The van der Waals surface area contributed by atoms with Gasteiger partial charge in [0.25, 0.3) is 0 Å². The minimum absolute atomic E-state index is 0.513. The molecule has 146 valence electrons. The molecule has 2 rings (SSSR count). The number of aliphatic hydroxyl groups excluding tert-OH is 3. The highest BCUT2D eigenvalue weighted by Gasteiger charge is 2.49. The molecule has 1 saturated heterocycles. The maximum absolute atomic E-state index is 12.4. The van der Waals surface area contributed by atoms with Crippen LogP contribution in [-0.4, -0.2) is 62.0 Å². The second-order valence-corrected chi connectivity index (χ2v) is 9.57. The monoisotopic (exact) mass is 444 g/mol. The molecule has 5 atom stereocenters. The van der Waals surface area contributed by atoms with E-state index in [0.29, 0.717) is 0 Å². The Bertz CT molecular complexity index is 609. The lowest BCUT2D eigenvalue weighted by Gasteiger charge is -2.40. The van der Waals surface area contributed by atoms with Gasteiger partial charge in [-0.1, -0.05) is 64.3 Å². The van der Waals surface area contributed by atoms with E-state index in [1.807, 2.05) is 31.2 Å². The van der Waals surface area contributed by atoms with Crippen LogP contribution in [0.25, 0.3) is 0 Å². The number of esters is 1. The summed E-state index contributed by atoms with van der Waals surface area (Å²) in [6.45, 7) is 0.907. The zero-order chi connectivity index (χ0) is 19.5. The number of carbonyl (C=O) groups is 1. The smallest absolute Gasteiger partial charge is 0.315 e. The molecule has 10 heteroatoms. The van der Waals surface area contributed by atoms with E-state index < -0.39 is 52.6 Å². The molecule has 1 aliphatic rings. The molecule has 0 bridgehead atoms. The van der Waals surface area contributed by atoms with Crippen LogP contribution in [0.5, 0.6) is 0 Å². The Morgan fingerprint density at radius 1 is 1.23 bits per heavy atom. The van der Waals surface area contributed by atoms with Gasteiger partial charge < -0.3 is 24.8 Å². The third-order valence-corrected chi connectivity index (χ3v) is 5.31. The number of hydrogen-bond acceptors (Lipinski definition) is 7. The summed E-state index contributed by atoms with van der Waals surface area (Å²) in [5.41, 5.74) is 0.150. The van der Waals surface area contributed by atoms with Crippen molar-refractivity contribution >= 4 is 52.5 Å². The molecule has 0 saturated carbocycles. The molecule has 0 aromatic heterocycles. The van der Waals surface area contributed by atoms with E-state index in [1.165, 1.54) is 0 Å². The predicted octanol–water partition coefficient (Wildman–Crippen LogP) is 2.06. The Morgan fingerprint density at radius 2 is 1.85 bits per heavy atom. The van der Waals surface area contributed by atoms with Crippen LogP contribution in [0.1, 0.15) is 5.56 Å². The second kappa shape index (κ2) is 9.30. The molecule has 1 fully saturated rings. The average Bonchev–Trinajstić information content (AvgIpc) is 2.57. The van der Waals surface area contributed by atoms with Gasteiger partial charge in [0, 0.05) is 4.90 Å². The van der Waals surface area contributed by atoms with Crippen LogP contribution in [0.4, 0.5) is 0 Å². The quantitative estimate of drug-likeness (QED) is 0.471. The number of thioether (sulfide) groups is 1. The topological polar surface area (TPSA) is 96.2 Å². The van der Waals surface area contributed by atoms with Crippen LogP contribution in [-0.2, 0) is 14.3 Å². The lowest BCUT2D eigenvalue weighted by molar-refractivity contribution is -0.200. The van der Waals surface area contributed by atoms with Gasteiger partial charge in [-0.25, -0.2) is 0 Å². The highest BCUT2D eigenvalue weighted by Crippen LogP contribution is 2.38. The fourth-order valence-corrected chi connectivity index (χ4v) is 3.78. The van der Waals surface area contributed by atoms with Crippen LogP contribution in [0, 0.1) is 12.8 Å². The molecule has 0 unspecified atom stereocenters.